The summed E-state index contributed by atoms with van der Waals surface area (Å²) < 4.78 is 2.33. The smallest absolute Gasteiger partial charge is 0.302 e. The van der Waals surface area contributed by atoms with Crippen LogP contribution in [0.25, 0.3) is 0 Å². The van der Waals surface area contributed by atoms with Crippen LogP contribution in [0.4, 0.5) is 0 Å². The lowest BCUT2D eigenvalue weighted by Gasteiger charge is -2.00. The monoisotopic (exact) mass is 172 g/mol. The van der Waals surface area contributed by atoms with Crippen molar-refractivity contribution in [2.45, 2.75) is 4.90 Å². The Bertz CT molecular complexity index is 356. The molecule has 4 nitrogen and oxygen atoms in total. The zero-order chi connectivity index (χ0) is 8.59. The number of rotatable bonds is 0. The minimum absolute atomic E-state index is 0.273. The molecule has 11 heavy (non-hydrogen) atoms. The second-order valence-electron chi connectivity index (χ2n) is 2.27. The summed E-state index contributed by atoms with van der Waals surface area (Å²) in [5, 5.41) is 0. The van der Waals surface area contributed by atoms with Crippen LogP contribution >= 0.6 is 12.6 Å². The third-order valence-electron chi connectivity index (χ3n) is 1.43. The fraction of sp³-hybridized carbons (Fsp3) is 0.333. The van der Waals surface area contributed by atoms with E-state index in [1.54, 1.807) is 7.05 Å². The van der Waals surface area contributed by atoms with Crippen molar-refractivity contribution < 1.29 is 0 Å². The predicted molar refractivity (Wildman–Crippen MR) is 44.2 cm³/mol. The summed E-state index contributed by atoms with van der Waals surface area (Å²) in [4.78, 5) is 22.3. The maximum atomic E-state index is 11.0. The standard InChI is InChI=1S/C6H8N2O2S/c1-7-3-4(11)5(9)8(2)6(7)10/h3,11H,1-2H3. The van der Waals surface area contributed by atoms with Crippen molar-refractivity contribution in [1.82, 2.24) is 9.13 Å². The quantitative estimate of drug-likeness (QED) is 0.530. The van der Waals surface area contributed by atoms with Crippen molar-refractivity contribution in [2.75, 3.05) is 0 Å². The van der Waals surface area contributed by atoms with Gasteiger partial charge in [-0.05, 0) is 0 Å². The molecule has 0 aliphatic heterocycles. The van der Waals surface area contributed by atoms with Gasteiger partial charge in [0, 0.05) is 20.3 Å². The van der Waals surface area contributed by atoms with Gasteiger partial charge in [-0.15, -0.1) is 12.6 Å². The van der Waals surface area contributed by atoms with E-state index < -0.39 is 0 Å². The molecule has 5 heteroatoms. The Morgan fingerprint density at radius 1 is 1.36 bits per heavy atom. The molecule has 0 saturated carbocycles. The van der Waals surface area contributed by atoms with E-state index in [0.29, 0.717) is 0 Å². The molecule has 0 unspecified atom stereocenters. The summed E-state index contributed by atoms with van der Waals surface area (Å²) in [5.41, 5.74) is -0.704. The van der Waals surface area contributed by atoms with Crippen molar-refractivity contribution in [1.29, 1.82) is 0 Å². The minimum Gasteiger partial charge on any atom is -0.302 e. The van der Waals surface area contributed by atoms with Crippen LogP contribution in [-0.2, 0) is 14.1 Å². The van der Waals surface area contributed by atoms with Gasteiger partial charge in [0.15, 0.2) is 0 Å². The van der Waals surface area contributed by atoms with Crippen molar-refractivity contribution in [3.05, 3.63) is 27.0 Å². The molecule has 1 aromatic heterocycles. The Hall–Kier alpha value is -0.970. The first-order chi connectivity index (χ1) is 5.04. The molecule has 0 spiro atoms. The molecule has 0 N–H and O–H groups in total. The molecule has 60 valence electrons. The number of hydrogen-bond acceptors (Lipinski definition) is 3. The van der Waals surface area contributed by atoms with Gasteiger partial charge < -0.3 is 4.57 Å². The predicted octanol–water partition coefficient (Wildman–Crippen LogP) is -0.627. The third kappa shape index (κ3) is 1.23. The Kier molecular flexibility index (Phi) is 1.90. The SMILES string of the molecule is Cn1cc(S)c(=O)n(C)c1=O. The van der Waals surface area contributed by atoms with E-state index in [2.05, 4.69) is 12.6 Å². The Morgan fingerprint density at radius 2 is 1.91 bits per heavy atom. The summed E-state index contributed by atoms with van der Waals surface area (Å²) in [6, 6.07) is 0. The minimum atomic E-state index is -0.364. The van der Waals surface area contributed by atoms with Gasteiger partial charge >= 0.3 is 5.69 Å². The molecule has 0 aromatic carbocycles. The van der Waals surface area contributed by atoms with Crippen molar-refractivity contribution in [3.63, 3.8) is 0 Å². The zero-order valence-corrected chi connectivity index (χ0v) is 7.13. The van der Waals surface area contributed by atoms with E-state index in [1.807, 2.05) is 0 Å². The molecule has 1 aromatic rings. The average Bonchev–Trinajstić information content (AvgIpc) is 1.97. The van der Waals surface area contributed by atoms with Gasteiger partial charge in [0.1, 0.15) is 0 Å². The summed E-state index contributed by atoms with van der Waals surface area (Å²) >= 11 is 3.89. The second-order valence-corrected chi connectivity index (χ2v) is 2.75. The molecule has 0 aliphatic rings. The molecular weight excluding hydrogens is 164 g/mol. The largest absolute Gasteiger partial charge is 0.330 e. The first-order valence-electron chi connectivity index (χ1n) is 2.99. The second kappa shape index (κ2) is 2.58. The van der Waals surface area contributed by atoms with Crippen molar-refractivity contribution in [3.8, 4) is 0 Å². The van der Waals surface area contributed by atoms with Crippen LogP contribution in [0.2, 0.25) is 0 Å². The van der Waals surface area contributed by atoms with E-state index in [0.717, 1.165) is 4.57 Å². The number of nitrogens with zero attached hydrogens (tertiary/aromatic N) is 2. The molecule has 0 atom stereocenters. The van der Waals surface area contributed by atoms with E-state index in [9.17, 15) is 9.59 Å². The van der Waals surface area contributed by atoms with Crippen molar-refractivity contribution >= 4 is 12.6 Å². The summed E-state index contributed by atoms with van der Waals surface area (Å²) in [7, 11) is 2.99. The third-order valence-corrected chi connectivity index (χ3v) is 1.74. The molecule has 0 fully saturated rings. The normalized spacial score (nSPS) is 10.1. The van der Waals surface area contributed by atoms with E-state index in [4.69, 9.17) is 0 Å². The van der Waals surface area contributed by atoms with Crippen LogP contribution in [0.5, 0.6) is 0 Å². The molecule has 0 radical (unpaired) electrons. The Balaban J connectivity index is 3.74. The zero-order valence-electron chi connectivity index (χ0n) is 6.24. The number of hydrogen-bond donors (Lipinski definition) is 1. The molecule has 0 bridgehead atoms. The maximum absolute atomic E-state index is 11.0. The number of aryl methyl sites for hydroxylation is 1. The fourth-order valence-electron chi connectivity index (χ4n) is 0.789. The average molecular weight is 172 g/mol. The Labute approximate surface area is 68.5 Å². The highest BCUT2D eigenvalue weighted by molar-refractivity contribution is 7.80. The molecule has 0 amide bonds. The summed E-state index contributed by atoms with van der Waals surface area (Å²) in [5.74, 6) is 0. The number of thiol groups is 1. The van der Waals surface area contributed by atoms with Gasteiger partial charge in [0.25, 0.3) is 5.56 Å². The van der Waals surface area contributed by atoms with E-state index >= 15 is 0 Å². The highest BCUT2D eigenvalue weighted by atomic mass is 32.1. The number of aromatic nitrogens is 2. The maximum Gasteiger partial charge on any atom is 0.330 e. The first kappa shape index (κ1) is 8.13. The molecule has 0 aliphatic carbocycles. The van der Waals surface area contributed by atoms with E-state index in [-0.39, 0.29) is 16.1 Å². The molecular formula is C6H8N2O2S. The fourth-order valence-corrected chi connectivity index (χ4v) is 1.11. The lowest BCUT2D eigenvalue weighted by molar-refractivity contribution is 0.662. The van der Waals surface area contributed by atoms with E-state index in [1.165, 1.54) is 17.8 Å². The highest BCUT2D eigenvalue weighted by Crippen LogP contribution is 1.91. The molecule has 1 heterocycles. The van der Waals surface area contributed by atoms with Gasteiger partial charge in [-0.2, -0.15) is 0 Å². The Morgan fingerprint density at radius 3 is 2.45 bits per heavy atom. The van der Waals surface area contributed by atoms with Gasteiger partial charge in [-0.3, -0.25) is 9.36 Å². The summed E-state index contributed by atoms with van der Waals surface area (Å²) in [6.07, 6.45) is 1.40. The van der Waals surface area contributed by atoms with Crippen LogP contribution in [0, 0.1) is 0 Å². The van der Waals surface area contributed by atoms with Crippen LogP contribution in [0.3, 0.4) is 0 Å². The highest BCUT2D eigenvalue weighted by Gasteiger charge is 2.01. The van der Waals surface area contributed by atoms with Crippen LogP contribution < -0.4 is 11.2 Å². The van der Waals surface area contributed by atoms with Gasteiger partial charge in [0.2, 0.25) is 0 Å². The van der Waals surface area contributed by atoms with Gasteiger partial charge in [0.05, 0.1) is 4.90 Å². The molecule has 0 saturated heterocycles. The lowest BCUT2D eigenvalue weighted by atomic mass is 10.6. The van der Waals surface area contributed by atoms with Crippen LogP contribution in [0.15, 0.2) is 20.7 Å². The lowest BCUT2D eigenvalue weighted by Crippen LogP contribution is -2.36. The van der Waals surface area contributed by atoms with Gasteiger partial charge in [-0.25, -0.2) is 4.79 Å². The van der Waals surface area contributed by atoms with Crippen molar-refractivity contribution in [2.24, 2.45) is 14.1 Å². The van der Waals surface area contributed by atoms with Crippen LogP contribution in [0.1, 0.15) is 0 Å². The molecule has 1 rings (SSSR count). The summed E-state index contributed by atoms with van der Waals surface area (Å²) in [6.45, 7) is 0. The topological polar surface area (TPSA) is 44.0 Å². The first-order valence-corrected chi connectivity index (χ1v) is 3.44. The van der Waals surface area contributed by atoms with Crippen LogP contribution in [-0.4, -0.2) is 9.13 Å². The van der Waals surface area contributed by atoms with Gasteiger partial charge in [-0.1, -0.05) is 0 Å².